The average Bonchev–Trinajstić information content (AvgIpc) is 3.01. The molecule has 42 heavy (non-hydrogen) atoms. The van der Waals surface area contributed by atoms with E-state index in [1.54, 1.807) is 0 Å². The predicted molar refractivity (Wildman–Crippen MR) is 178 cm³/mol. The zero-order chi connectivity index (χ0) is 28.8. The summed E-state index contributed by atoms with van der Waals surface area (Å²) in [5.41, 5.74) is 14.4. The maximum atomic E-state index is 4.76. The number of rotatable bonds is 4. The molecule has 0 amide bonds. The van der Waals surface area contributed by atoms with Gasteiger partial charge in [0.25, 0.3) is 0 Å². The van der Waals surface area contributed by atoms with Gasteiger partial charge in [0, 0.05) is 47.0 Å². The van der Waals surface area contributed by atoms with Gasteiger partial charge in [-0.3, -0.25) is 9.97 Å². The number of fused-ring (bicyclic) bond motifs is 2. The van der Waals surface area contributed by atoms with Crippen LogP contribution in [0.5, 0.6) is 0 Å². The van der Waals surface area contributed by atoms with Gasteiger partial charge in [-0.15, -0.1) is 0 Å². The molecular formula is C40H32N2. The summed E-state index contributed by atoms with van der Waals surface area (Å²) in [7, 11) is 0. The second-order valence-electron chi connectivity index (χ2n) is 11.4. The minimum Gasteiger partial charge on any atom is -0.263 e. The molecule has 0 saturated carbocycles. The zero-order valence-corrected chi connectivity index (χ0v) is 24.4. The van der Waals surface area contributed by atoms with Gasteiger partial charge < -0.3 is 0 Å². The highest BCUT2D eigenvalue weighted by Gasteiger charge is 2.18. The van der Waals surface area contributed by atoms with Gasteiger partial charge in [-0.2, -0.15) is 0 Å². The minimum atomic E-state index is 1.12. The van der Waals surface area contributed by atoms with E-state index in [0.29, 0.717) is 0 Å². The van der Waals surface area contributed by atoms with Gasteiger partial charge >= 0.3 is 0 Å². The van der Waals surface area contributed by atoms with Crippen LogP contribution in [0.4, 0.5) is 0 Å². The zero-order valence-electron chi connectivity index (χ0n) is 24.4. The summed E-state index contributed by atoms with van der Waals surface area (Å²) in [4.78, 5) is 9.52. The second-order valence-corrected chi connectivity index (χ2v) is 11.4. The average molecular weight is 541 g/mol. The van der Waals surface area contributed by atoms with Crippen LogP contribution in [0.15, 0.2) is 122 Å². The highest BCUT2D eigenvalue weighted by molar-refractivity contribution is 6.21. The Balaban J connectivity index is 1.50. The van der Waals surface area contributed by atoms with Gasteiger partial charge in [0.15, 0.2) is 0 Å². The van der Waals surface area contributed by atoms with Crippen molar-refractivity contribution >= 4 is 21.5 Å². The van der Waals surface area contributed by atoms with E-state index in [4.69, 9.17) is 9.97 Å². The molecule has 0 spiro atoms. The molecule has 0 saturated heterocycles. The highest BCUT2D eigenvalue weighted by atomic mass is 14.6. The first-order valence-corrected chi connectivity index (χ1v) is 14.5. The van der Waals surface area contributed by atoms with E-state index in [1.807, 2.05) is 24.8 Å². The maximum Gasteiger partial charge on any atom is 0.0347 e. The van der Waals surface area contributed by atoms with E-state index >= 15 is 0 Å². The molecular weight excluding hydrogens is 508 g/mol. The monoisotopic (exact) mass is 540 g/mol. The molecule has 0 aliphatic carbocycles. The Morgan fingerprint density at radius 1 is 0.381 bits per heavy atom. The summed E-state index contributed by atoms with van der Waals surface area (Å²) >= 11 is 0. The van der Waals surface area contributed by atoms with Gasteiger partial charge in [0.1, 0.15) is 0 Å². The van der Waals surface area contributed by atoms with Crippen molar-refractivity contribution in [2.45, 2.75) is 27.7 Å². The smallest absolute Gasteiger partial charge is 0.0347 e. The van der Waals surface area contributed by atoms with E-state index < -0.39 is 0 Å². The Morgan fingerprint density at radius 2 is 0.833 bits per heavy atom. The third-order valence-corrected chi connectivity index (χ3v) is 8.46. The van der Waals surface area contributed by atoms with Crippen molar-refractivity contribution in [2.75, 3.05) is 0 Å². The molecule has 0 radical (unpaired) electrons. The molecule has 0 aliphatic heterocycles. The topological polar surface area (TPSA) is 25.8 Å². The molecule has 0 unspecified atom stereocenters. The van der Waals surface area contributed by atoms with Crippen molar-refractivity contribution < 1.29 is 0 Å². The lowest BCUT2D eigenvalue weighted by Gasteiger charge is -2.18. The molecule has 7 rings (SSSR count). The fourth-order valence-corrected chi connectivity index (χ4v) is 6.50. The van der Waals surface area contributed by atoms with E-state index in [0.717, 1.165) is 22.3 Å². The molecule has 2 aromatic heterocycles. The lowest BCUT2D eigenvalue weighted by molar-refractivity contribution is 1.31. The summed E-state index contributed by atoms with van der Waals surface area (Å²) in [5, 5.41) is 4.85. The number of aromatic nitrogens is 2. The number of benzene rings is 5. The van der Waals surface area contributed by atoms with Crippen molar-refractivity contribution in [1.29, 1.82) is 0 Å². The minimum absolute atomic E-state index is 1.12. The van der Waals surface area contributed by atoms with E-state index in [-0.39, 0.29) is 0 Å². The number of pyridine rings is 2. The number of nitrogens with zero attached hydrogens (tertiary/aromatic N) is 2. The predicted octanol–water partition coefficient (Wildman–Crippen LogP) is 10.7. The number of hydrogen-bond donors (Lipinski definition) is 0. The van der Waals surface area contributed by atoms with Crippen molar-refractivity contribution in [3.63, 3.8) is 0 Å². The molecule has 0 atom stereocenters. The third kappa shape index (κ3) is 4.37. The molecule has 0 bridgehead atoms. The van der Waals surface area contributed by atoms with Gasteiger partial charge in [-0.25, -0.2) is 0 Å². The highest BCUT2D eigenvalue weighted by Crippen LogP contribution is 2.44. The molecule has 2 nitrogen and oxygen atoms in total. The molecule has 0 N–H and O–H groups in total. The lowest BCUT2D eigenvalue weighted by atomic mass is 9.85. The third-order valence-electron chi connectivity index (χ3n) is 8.46. The molecule has 0 aliphatic rings. The Labute approximate surface area is 247 Å². The first-order chi connectivity index (χ1) is 20.5. The fraction of sp³-hybridized carbons (Fsp3) is 0.100. The van der Waals surface area contributed by atoms with Crippen LogP contribution in [-0.2, 0) is 0 Å². The van der Waals surface area contributed by atoms with Gasteiger partial charge in [-0.1, -0.05) is 90.5 Å². The first kappa shape index (κ1) is 25.9. The molecule has 0 fully saturated rings. The van der Waals surface area contributed by atoms with Crippen LogP contribution < -0.4 is 0 Å². The van der Waals surface area contributed by atoms with Crippen LogP contribution in [0.3, 0.4) is 0 Å². The summed E-state index contributed by atoms with van der Waals surface area (Å²) in [6.45, 7) is 8.66. The first-order valence-electron chi connectivity index (χ1n) is 14.5. The summed E-state index contributed by atoms with van der Waals surface area (Å²) in [6, 6.07) is 35.2. The van der Waals surface area contributed by atoms with E-state index in [9.17, 15) is 0 Å². The molecule has 5 aromatic carbocycles. The summed E-state index contributed by atoms with van der Waals surface area (Å²) in [6.07, 6.45) is 7.98. The Morgan fingerprint density at radius 3 is 1.36 bits per heavy atom. The van der Waals surface area contributed by atoms with Gasteiger partial charge in [-0.05, 0) is 100 Å². The van der Waals surface area contributed by atoms with Crippen molar-refractivity contribution in [2.24, 2.45) is 0 Å². The molecule has 202 valence electrons. The van der Waals surface area contributed by atoms with Crippen LogP contribution >= 0.6 is 0 Å². The molecule has 2 heterocycles. The fourth-order valence-electron chi connectivity index (χ4n) is 6.50. The number of hydrogen-bond acceptors (Lipinski definition) is 2. The largest absolute Gasteiger partial charge is 0.263 e. The Hall–Kier alpha value is -5.08. The number of aryl methyl sites for hydroxylation is 4. The van der Waals surface area contributed by atoms with Crippen LogP contribution in [0, 0.1) is 27.7 Å². The SMILES string of the molecule is Cc1ccc(C)c(-c2cncc(-c3c4ccccc4c(-c4cncc(-c5c(C)cccc5C)c4)c4ccccc34)c2)c1. The Kier molecular flexibility index (Phi) is 6.40. The van der Waals surface area contributed by atoms with E-state index in [1.165, 1.54) is 66.1 Å². The van der Waals surface area contributed by atoms with Crippen molar-refractivity contribution in [3.8, 4) is 44.5 Å². The summed E-state index contributed by atoms with van der Waals surface area (Å²) in [5.74, 6) is 0. The van der Waals surface area contributed by atoms with Crippen molar-refractivity contribution in [3.05, 3.63) is 144 Å². The lowest BCUT2D eigenvalue weighted by Crippen LogP contribution is -1.94. The van der Waals surface area contributed by atoms with Crippen molar-refractivity contribution in [1.82, 2.24) is 9.97 Å². The van der Waals surface area contributed by atoms with Crippen LogP contribution in [-0.4, -0.2) is 9.97 Å². The molecule has 2 heteroatoms. The van der Waals surface area contributed by atoms with Gasteiger partial charge in [0.05, 0.1) is 0 Å². The standard InChI is InChI=1S/C40H32N2/c1-25-16-17-26(2)37(18-25)29-19-31(23-41-21-29)39-33-12-5-7-14-35(33)40(36-15-8-6-13-34(36)39)32-20-30(22-42-24-32)38-27(3)10-9-11-28(38)4/h5-24H,1-4H3. The molecule has 7 aromatic rings. The van der Waals surface area contributed by atoms with Crippen LogP contribution in [0.25, 0.3) is 66.1 Å². The quantitative estimate of drug-likeness (QED) is 0.208. The Bertz CT molecular complexity index is 2060. The van der Waals surface area contributed by atoms with E-state index in [2.05, 4.69) is 125 Å². The summed E-state index contributed by atoms with van der Waals surface area (Å²) < 4.78 is 0. The van der Waals surface area contributed by atoms with Gasteiger partial charge in [0.2, 0.25) is 0 Å². The maximum absolute atomic E-state index is 4.76. The van der Waals surface area contributed by atoms with Crippen LogP contribution in [0.1, 0.15) is 22.3 Å². The normalized spacial score (nSPS) is 11.3. The second kappa shape index (κ2) is 10.4. The van der Waals surface area contributed by atoms with Crippen LogP contribution in [0.2, 0.25) is 0 Å².